The van der Waals surface area contributed by atoms with Crippen LogP contribution in [0.25, 0.3) is 0 Å². The lowest BCUT2D eigenvalue weighted by Gasteiger charge is -2.36. The summed E-state index contributed by atoms with van der Waals surface area (Å²) in [5.41, 5.74) is 0. The van der Waals surface area contributed by atoms with Gasteiger partial charge in [-0.05, 0) is 52.4 Å². The fourth-order valence-electron chi connectivity index (χ4n) is 3.18. The minimum atomic E-state index is 0. The van der Waals surface area contributed by atoms with Crippen LogP contribution in [0.1, 0.15) is 52.4 Å². The highest BCUT2D eigenvalue weighted by atomic mass is 79.9. The molecule has 0 radical (unpaired) electrons. The van der Waals surface area contributed by atoms with Crippen molar-refractivity contribution in [3.05, 3.63) is 0 Å². The third-order valence-electron chi connectivity index (χ3n) is 5.32. The topological polar surface area (TPSA) is 0 Å². The van der Waals surface area contributed by atoms with E-state index in [9.17, 15) is 0 Å². The van der Waals surface area contributed by atoms with E-state index in [1.54, 1.807) is 0 Å². The van der Waals surface area contributed by atoms with Crippen molar-refractivity contribution < 1.29 is 42.9 Å². The number of halogens is 2. The zero-order valence-corrected chi connectivity index (χ0v) is 17.3. The van der Waals surface area contributed by atoms with E-state index in [1.807, 2.05) is 0 Å². The van der Waals surface area contributed by atoms with Crippen LogP contribution in [0, 0.1) is 0 Å². The first-order valence-electron chi connectivity index (χ1n) is 8.21. The molecule has 2 aliphatic heterocycles. The Morgan fingerprint density at radius 2 is 0.800 bits per heavy atom. The molecule has 0 N–H and O–H groups in total. The summed E-state index contributed by atoms with van der Waals surface area (Å²) in [7, 11) is 4.75. The van der Waals surface area contributed by atoms with Gasteiger partial charge in [0, 0.05) is 0 Å². The Hall–Kier alpha value is 0.880. The summed E-state index contributed by atoms with van der Waals surface area (Å²) in [6, 6.07) is 0. The van der Waals surface area contributed by atoms with Crippen LogP contribution in [-0.2, 0) is 0 Å². The molecule has 2 nitrogen and oxygen atoms in total. The molecule has 0 unspecified atom stereocenters. The highest BCUT2D eigenvalue weighted by molar-refractivity contribution is 4.50. The molecule has 2 heterocycles. The van der Waals surface area contributed by atoms with Gasteiger partial charge in [-0.25, -0.2) is 0 Å². The zero-order valence-electron chi connectivity index (χ0n) is 14.1. The molecule has 0 atom stereocenters. The summed E-state index contributed by atoms with van der Waals surface area (Å²) in [4.78, 5) is 0. The molecule has 4 heteroatoms. The van der Waals surface area contributed by atoms with E-state index in [-0.39, 0.29) is 34.0 Å². The number of rotatable bonds is 2. The van der Waals surface area contributed by atoms with E-state index in [2.05, 4.69) is 27.9 Å². The van der Waals surface area contributed by atoms with E-state index < -0.39 is 0 Å². The number of nitrogens with zero attached hydrogens (tertiary/aromatic N) is 2. The summed E-state index contributed by atoms with van der Waals surface area (Å²) in [6.45, 7) is 12.9. The number of piperidine rings is 2. The zero-order chi connectivity index (χ0) is 13.5. The molecule has 2 aliphatic rings. The Balaban J connectivity index is 0. The van der Waals surface area contributed by atoms with Crippen LogP contribution in [0.15, 0.2) is 0 Å². The summed E-state index contributed by atoms with van der Waals surface area (Å²) < 4.78 is 2.64. The highest BCUT2D eigenvalue weighted by Gasteiger charge is 2.22. The molecule has 0 saturated carbocycles. The molecule has 0 bridgehead atoms. The molecule has 2 rings (SSSR count). The van der Waals surface area contributed by atoms with Crippen LogP contribution in [0.5, 0.6) is 0 Å². The van der Waals surface area contributed by atoms with Gasteiger partial charge in [0.1, 0.15) is 0 Å². The van der Waals surface area contributed by atoms with E-state index in [0.29, 0.717) is 0 Å². The minimum Gasteiger partial charge on any atom is -1.00 e. The van der Waals surface area contributed by atoms with Gasteiger partial charge in [0.05, 0.1) is 53.4 Å². The number of hydrogen-bond donors (Lipinski definition) is 0. The predicted octanol–water partition coefficient (Wildman–Crippen LogP) is -2.72. The van der Waals surface area contributed by atoms with Crippen molar-refractivity contribution in [3.63, 3.8) is 0 Å². The second-order valence-electron chi connectivity index (χ2n) is 6.89. The SMILES string of the molecule is CC[N+]1(C)CCCCC1.CC[N+]1(C)CCCCC1.[Br-].[Br-]. The first kappa shape index (κ1) is 23.2. The number of likely N-dealkylation sites (tertiary alicyclic amines) is 2. The molecule has 0 aromatic rings. The van der Waals surface area contributed by atoms with Crippen molar-refractivity contribution in [1.29, 1.82) is 0 Å². The summed E-state index contributed by atoms with van der Waals surface area (Å²) >= 11 is 0. The third kappa shape index (κ3) is 8.35. The van der Waals surface area contributed by atoms with E-state index >= 15 is 0 Å². The Labute approximate surface area is 148 Å². The fraction of sp³-hybridized carbons (Fsp3) is 1.00. The summed E-state index contributed by atoms with van der Waals surface area (Å²) in [5.74, 6) is 0. The second kappa shape index (κ2) is 11.4. The van der Waals surface area contributed by atoms with Crippen LogP contribution in [0.3, 0.4) is 0 Å². The number of hydrogen-bond acceptors (Lipinski definition) is 0. The Morgan fingerprint density at radius 1 is 0.550 bits per heavy atom. The van der Waals surface area contributed by atoms with Gasteiger partial charge in [-0.3, -0.25) is 0 Å². The van der Waals surface area contributed by atoms with Gasteiger partial charge in [-0.1, -0.05) is 0 Å². The second-order valence-corrected chi connectivity index (χ2v) is 6.89. The molecular formula is C16H36Br2N2. The van der Waals surface area contributed by atoms with E-state index in [0.717, 1.165) is 0 Å². The van der Waals surface area contributed by atoms with Crippen LogP contribution >= 0.6 is 0 Å². The van der Waals surface area contributed by atoms with Gasteiger partial charge < -0.3 is 42.9 Å². The smallest absolute Gasteiger partial charge is 0.0784 e. The van der Waals surface area contributed by atoms with Crippen molar-refractivity contribution in [3.8, 4) is 0 Å². The molecule has 124 valence electrons. The van der Waals surface area contributed by atoms with Crippen molar-refractivity contribution in [2.45, 2.75) is 52.4 Å². The quantitative estimate of drug-likeness (QED) is 0.430. The van der Waals surface area contributed by atoms with Crippen LogP contribution in [0.4, 0.5) is 0 Å². The lowest BCUT2D eigenvalue weighted by atomic mass is 10.1. The maximum absolute atomic E-state index is 2.37. The van der Waals surface area contributed by atoms with E-state index in [1.165, 1.54) is 86.8 Å². The molecule has 0 amide bonds. The Bertz CT molecular complexity index is 199. The van der Waals surface area contributed by atoms with Gasteiger partial charge in [0.15, 0.2) is 0 Å². The maximum atomic E-state index is 2.37. The van der Waals surface area contributed by atoms with Crippen molar-refractivity contribution in [2.75, 3.05) is 53.4 Å². The fourth-order valence-corrected chi connectivity index (χ4v) is 3.18. The monoisotopic (exact) mass is 414 g/mol. The molecule has 0 aliphatic carbocycles. The average Bonchev–Trinajstić information content (AvgIpc) is 2.41. The molecule has 0 aromatic carbocycles. The normalized spacial score (nSPS) is 23.4. The van der Waals surface area contributed by atoms with Gasteiger partial charge in [-0.2, -0.15) is 0 Å². The lowest BCUT2D eigenvalue weighted by Crippen LogP contribution is -3.00. The molecule has 2 fully saturated rings. The molecule has 20 heavy (non-hydrogen) atoms. The van der Waals surface area contributed by atoms with Gasteiger partial charge >= 0.3 is 0 Å². The molecule has 2 saturated heterocycles. The Kier molecular flexibility index (Phi) is 13.3. The molecular weight excluding hydrogens is 380 g/mol. The Morgan fingerprint density at radius 3 is 0.950 bits per heavy atom. The summed E-state index contributed by atoms with van der Waals surface area (Å²) in [6.07, 6.45) is 8.73. The summed E-state index contributed by atoms with van der Waals surface area (Å²) in [5, 5.41) is 0. The van der Waals surface area contributed by atoms with Crippen LogP contribution in [-0.4, -0.2) is 62.3 Å². The highest BCUT2D eigenvalue weighted by Crippen LogP contribution is 2.15. The van der Waals surface area contributed by atoms with Gasteiger partial charge in [-0.15, -0.1) is 0 Å². The lowest BCUT2D eigenvalue weighted by molar-refractivity contribution is -0.912. The molecule has 0 spiro atoms. The largest absolute Gasteiger partial charge is 1.00 e. The van der Waals surface area contributed by atoms with E-state index in [4.69, 9.17) is 0 Å². The van der Waals surface area contributed by atoms with Crippen molar-refractivity contribution in [1.82, 2.24) is 0 Å². The first-order valence-corrected chi connectivity index (χ1v) is 8.21. The maximum Gasteiger partial charge on any atom is 0.0784 e. The first-order chi connectivity index (χ1) is 8.54. The molecule has 0 aromatic heterocycles. The minimum absolute atomic E-state index is 0. The number of quaternary nitrogens is 2. The van der Waals surface area contributed by atoms with Crippen LogP contribution in [0.2, 0.25) is 0 Å². The van der Waals surface area contributed by atoms with Crippen molar-refractivity contribution >= 4 is 0 Å². The third-order valence-corrected chi connectivity index (χ3v) is 5.32. The standard InChI is InChI=1S/2C8H18N.2BrH/c2*1-3-9(2)7-5-4-6-8-9;;/h2*3-8H2,1-2H3;2*1H/q2*+1;;/p-2. The van der Waals surface area contributed by atoms with Crippen LogP contribution < -0.4 is 34.0 Å². The van der Waals surface area contributed by atoms with Gasteiger partial charge in [0.25, 0.3) is 0 Å². The van der Waals surface area contributed by atoms with Gasteiger partial charge in [0.2, 0.25) is 0 Å². The predicted molar refractivity (Wildman–Crippen MR) is 80.6 cm³/mol. The average molecular weight is 416 g/mol. The van der Waals surface area contributed by atoms with Crippen molar-refractivity contribution in [2.24, 2.45) is 0 Å².